The van der Waals surface area contributed by atoms with Crippen molar-refractivity contribution in [2.24, 2.45) is 4.99 Å². The van der Waals surface area contributed by atoms with Gasteiger partial charge in [-0.15, -0.1) is 0 Å². The van der Waals surface area contributed by atoms with Crippen LogP contribution in [0.4, 0.5) is 5.69 Å². The van der Waals surface area contributed by atoms with Crippen LogP contribution in [0.15, 0.2) is 53.5 Å². The van der Waals surface area contributed by atoms with Gasteiger partial charge in [0.05, 0.1) is 11.3 Å². The van der Waals surface area contributed by atoms with E-state index in [1.807, 2.05) is 43.3 Å². The molecule has 0 saturated heterocycles. The molecule has 0 fully saturated rings. The molecule has 3 heteroatoms. The van der Waals surface area contributed by atoms with Crippen molar-refractivity contribution in [3.05, 3.63) is 65.2 Å². The van der Waals surface area contributed by atoms with Crippen molar-refractivity contribution in [2.45, 2.75) is 26.7 Å². The molecular weight excluding hydrogens is 262 g/mol. The first-order valence-corrected chi connectivity index (χ1v) is 7.09. The standard InChI is InChI=1S/C18H19NO2/c1-3-8-17(19-16-12-7-4-9-13(16)2)14-10-5-6-11-15(14)18(20)21/h4-7,9-12H,3,8H2,1-2H3,(H,20,21)/b19-17+. The zero-order chi connectivity index (χ0) is 15.2. The van der Waals surface area contributed by atoms with Crippen LogP contribution >= 0.6 is 0 Å². The number of hydrogen-bond donors (Lipinski definition) is 1. The van der Waals surface area contributed by atoms with E-state index in [2.05, 4.69) is 6.92 Å². The molecule has 2 aromatic carbocycles. The predicted molar refractivity (Wildman–Crippen MR) is 85.7 cm³/mol. The topological polar surface area (TPSA) is 49.7 Å². The van der Waals surface area contributed by atoms with Gasteiger partial charge in [-0.2, -0.15) is 0 Å². The van der Waals surface area contributed by atoms with Gasteiger partial charge in [0.2, 0.25) is 0 Å². The van der Waals surface area contributed by atoms with Gasteiger partial charge in [0.15, 0.2) is 0 Å². The van der Waals surface area contributed by atoms with E-state index < -0.39 is 5.97 Å². The maximum Gasteiger partial charge on any atom is 0.336 e. The molecule has 2 rings (SSSR count). The zero-order valence-electron chi connectivity index (χ0n) is 12.3. The second kappa shape index (κ2) is 6.84. The zero-order valence-corrected chi connectivity index (χ0v) is 12.3. The smallest absolute Gasteiger partial charge is 0.336 e. The van der Waals surface area contributed by atoms with E-state index in [1.165, 1.54) is 0 Å². The summed E-state index contributed by atoms with van der Waals surface area (Å²) in [5, 5.41) is 9.35. The SMILES string of the molecule is CCC/C(=N\c1ccccc1C)c1ccccc1C(=O)O. The lowest BCUT2D eigenvalue weighted by Gasteiger charge is -2.10. The molecule has 1 N–H and O–H groups in total. The molecule has 0 heterocycles. The second-order valence-corrected chi connectivity index (χ2v) is 4.95. The lowest BCUT2D eigenvalue weighted by atomic mass is 9.99. The Morgan fingerprint density at radius 1 is 1.05 bits per heavy atom. The molecule has 0 unspecified atom stereocenters. The van der Waals surface area contributed by atoms with Gasteiger partial charge in [-0.3, -0.25) is 4.99 Å². The molecule has 0 aliphatic rings. The number of aromatic carboxylic acids is 1. The maximum atomic E-state index is 11.4. The Hall–Kier alpha value is -2.42. The molecule has 108 valence electrons. The summed E-state index contributed by atoms with van der Waals surface area (Å²) >= 11 is 0. The lowest BCUT2D eigenvalue weighted by Crippen LogP contribution is -2.09. The number of carboxylic acid groups (broad SMARTS) is 1. The highest BCUT2D eigenvalue weighted by Crippen LogP contribution is 2.22. The van der Waals surface area contributed by atoms with E-state index in [4.69, 9.17) is 4.99 Å². The molecule has 0 saturated carbocycles. The predicted octanol–water partition coefficient (Wildman–Crippen LogP) is 4.61. The van der Waals surface area contributed by atoms with Crippen LogP contribution < -0.4 is 0 Å². The van der Waals surface area contributed by atoms with Crippen molar-refractivity contribution in [2.75, 3.05) is 0 Å². The van der Waals surface area contributed by atoms with Crippen LogP contribution in [0.3, 0.4) is 0 Å². The van der Waals surface area contributed by atoms with E-state index >= 15 is 0 Å². The summed E-state index contributed by atoms with van der Waals surface area (Å²) in [5.74, 6) is -0.917. The number of para-hydroxylation sites is 1. The molecule has 0 aromatic heterocycles. The molecule has 0 aliphatic carbocycles. The molecule has 0 bridgehead atoms. The maximum absolute atomic E-state index is 11.4. The summed E-state index contributed by atoms with van der Waals surface area (Å²) in [6.07, 6.45) is 1.66. The molecule has 0 atom stereocenters. The highest BCUT2D eigenvalue weighted by Gasteiger charge is 2.14. The van der Waals surface area contributed by atoms with Gasteiger partial charge in [-0.1, -0.05) is 49.7 Å². The van der Waals surface area contributed by atoms with Gasteiger partial charge < -0.3 is 5.11 Å². The first-order chi connectivity index (χ1) is 10.1. The number of carbonyl (C=O) groups is 1. The number of rotatable bonds is 5. The van der Waals surface area contributed by atoms with Gasteiger partial charge in [0.25, 0.3) is 0 Å². The Bertz CT molecular complexity index is 674. The van der Waals surface area contributed by atoms with Crippen LogP contribution in [0, 0.1) is 6.92 Å². The third-order valence-electron chi connectivity index (χ3n) is 3.33. The largest absolute Gasteiger partial charge is 0.478 e. The summed E-state index contributed by atoms with van der Waals surface area (Å²) in [6, 6.07) is 14.9. The monoisotopic (exact) mass is 281 g/mol. The normalized spacial score (nSPS) is 11.4. The highest BCUT2D eigenvalue weighted by molar-refractivity contribution is 6.09. The number of nitrogens with zero attached hydrogens (tertiary/aromatic N) is 1. The first kappa shape index (κ1) is 15.0. The Morgan fingerprint density at radius 2 is 1.67 bits per heavy atom. The fourth-order valence-corrected chi connectivity index (χ4v) is 2.24. The van der Waals surface area contributed by atoms with Gasteiger partial charge in [0, 0.05) is 11.3 Å². The average molecular weight is 281 g/mol. The van der Waals surface area contributed by atoms with Crippen LogP contribution in [0.1, 0.15) is 41.3 Å². The number of hydrogen-bond acceptors (Lipinski definition) is 2. The Balaban J connectivity index is 2.55. The molecule has 0 spiro atoms. The van der Waals surface area contributed by atoms with Gasteiger partial charge >= 0.3 is 5.97 Å². The van der Waals surface area contributed by atoms with Gasteiger partial charge in [-0.05, 0) is 31.0 Å². The molecule has 0 aliphatic heterocycles. The van der Waals surface area contributed by atoms with Crippen molar-refractivity contribution in [3.63, 3.8) is 0 Å². The number of aliphatic imine (C=N–C) groups is 1. The van der Waals surface area contributed by atoms with Crippen LogP contribution in [-0.2, 0) is 0 Å². The van der Waals surface area contributed by atoms with E-state index in [0.717, 1.165) is 29.8 Å². The fraction of sp³-hybridized carbons (Fsp3) is 0.222. The minimum absolute atomic E-state index is 0.304. The quantitative estimate of drug-likeness (QED) is 0.813. The first-order valence-electron chi connectivity index (χ1n) is 7.09. The summed E-state index contributed by atoms with van der Waals surface area (Å²) in [7, 11) is 0. The van der Waals surface area contributed by atoms with Crippen molar-refractivity contribution in [1.29, 1.82) is 0 Å². The number of carboxylic acids is 1. The second-order valence-electron chi connectivity index (χ2n) is 4.95. The Morgan fingerprint density at radius 3 is 2.29 bits per heavy atom. The van der Waals surface area contributed by atoms with E-state index in [-0.39, 0.29) is 0 Å². The Labute approximate surface area is 125 Å². The number of benzene rings is 2. The van der Waals surface area contributed by atoms with Crippen LogP contribution in [0.2, 0.25) is 0 Å². The molecular formula is C18H19NO2. The summed E-state index contributed by atoms with van der Waals surface area (Å²) in [6.45, 7) is 4.07. The third-order valence-corrected chi connectivity index (χ3v) is 3.33. The van der Waals surface area contributed by atoms with Gasteiger partial charge in [-0.25, -0.2) is 4.79 Å². The molecule has 21 heavy (non-hydrogen) atoms. The fourth-order valence-electron chi connectivity index (χ4n) is 2.24. The molecule has 0 radical (unpaired) electrons. The van der Waals surface area contributed by atoms with Crippen molar-refractivity contribution in [1.82, 2.24) is 0 Å². The molecule has 2 aromatic rings. The lowest BCUT2D eigenvalue weighted by molar-refractivity contribution is 0.0696. The molecule has 3 nitrogen and oxygen atoms in total. The third kappa shape index (κ3) is 3.57. The van der Waals surface area contributed by atoms with Crippen LogP contribution in [0.25, 0.3) is 0 Å². The summed E-state index contributed by atoms with van der Waals surface area (Å²) in [4.78, 5) is 16.1. The van der Waals surface area contributed by atoms with E-state index in [0.29, 0.717) is 11.1 Å². The van der Waals surface area contributed by atoms with Gasteiger partial charge in [0.1, 0.15) is 0 Å². The minimum Gasteiger partial charge on any atom is -0.478 e. The van der Waals surface area contributed by atoms with E-state index in [9.17, 15) is 9.90 Å². The highest BCUT2D eigenvalue weighted by atomic mass is 16.4. The average Bonchev–Trinajstić information content (AvgIpc) is 2.49. The van der Waals surface area contributed by atoms with Crippen LogP contribution in [0.5, 0.6) is 0 Å². The van der Waals surface area contributed by atoms with E-state index in [1.54, 1.807) is 12.1 Å². The van der Waals surface area contributed by atoms with Crippen molar-refractivity contribution < 1.29 is 9.90 Å². The van der Waals surface area contributed by atoms with Crippen molar-refractivity contribution >= 4 is 17.4 Å². The summed E-state index contributed by atoms with van der Waals surface area (Å²) < 4.78 is 0. The van der Waals surface area contributed by atoms with Crippen LogP contribution in [-0.4, -0.2) is 16.8 Å². The Kier molecular flexibility index (Phi) is 4.88. The molecule has 0 amide bonds. The summed E-state index contributed by atoms with van der Waals surface area (Å²) in [5.41, 5.74) is 3.80. The minimum atomic E-state index is -0.917. The number of aryl methyl sites for hydroxylation is 1. The van der Waals surface area contributed by atoms with Crippen molar-refractivity contribution in [3.8, 4) is 0 Å².